The fourth-order valence-corrected chi connectivity index (χ4v) is 5.22. The van der Waals surface area contributed by atoms with Gasteiger partial charge in [0.2, 0.25) is 11.8 Å². The van der Waals surface area contributed by atoms with Crippen molar-refractivity contribution in [1.82, 2.24) is 25.8 Å². The van der Waals surface area contributed by atoms with E-state index in [1.165, 1.54) is 0 Å². The number of nitrogens with one attached hydrogen (secondary N) is 3. The van der Waals surface area contributed by atoms with Crippen LogP contribution in [0.3, 0.4) is 0 Å². The van der Waals surface area contributed by atoms with Crippen molar-refractivity contribution < 1.29 is 19.5 Å². The molecule has 252 valence electrons. The highest BCUT2D eigenvalue weighted by Gasteiger charge is 2.26. The Morgan fingerprint density at radius 3 is 1.98 bits per heavy atom. The molecule has 0 aliphatic rings. The molecule has 0 aromatic heterocycles. The quantitative estimate of drug-likeness (QED) is 0.136. The van der Waals surface area contributed by atoms with Crippen molar-refractivity contribution in [1.29, 1.82) is 0 Å². The van der Waals surface area contributed by atoms with Crippen molar-refractivity contribution in [2.45, 2.75) is 105 Å². The first-order chi connectivity index (χ1) is 20.7. The molecule has 0 heterocycles. The average Bonchev–Trinajstić information content (AvgIpc) is 2.93. The number of unbranched alkanes of at least 4 members (excludes halogenated alkanes) is 1. The van der Waals surface area contributed by atoms with E-state index in [0.29, 0.717) is 50.7 Å². The van der Waals surface area contributed by atoms with Crippen molar-refractivity contribution in [3.05, 3.63) is 35.4 Å². The molecule has 0 spiro atoms. The number of carboxylic acid groups (broad SMARTS) is 1. The zero-order valence-corrected chi connectivity index (χ0v) is 29.1. The normalized spacial score (nSPS) is 13.8. The first-order valence-electron chi connectivity index (χ1n) is 16.7. The summed E-state index contributed by atoms with van der Waals surface area (Å²) in [5.41, 5.74) is 2.26. The van der Waals surface area contributed by atoms with E-state index in [-0.39, 0.29) is 29.7 Å². The van der Waals surface area contributed by atoms with E-state index >= 15 is 0 Å². The van der Waals surface area contributed by atoms with Gasteiger partial charge in [0, 0.05) is 64.2 Å². The zero-order chi connectivity index (χ0) is 33.2. The van der Waals surface area contributed by atoms with Gasteiger partial charge in [-0.25, -0.2) is 0 Å². The van der Waals surface area contributed by atoms with Gasteiger partial charge in [0.25, 0.3) is 0 Å². The first-order valence-corrected chi connectivity index (χ1v) is 16.7. The number of carboxylic acids is 1. The molecule has 1 aromatic rings. The predicted molar refractivity (Wildman–Crippen MR) is 181 cm³/mol. The van der Waals surface area contributed by atoms with Crippen molar-refractivity contribution in [2.75, 3.05) is 46.8 Å². The van der Waals surface area contributed by atoms with Crippen LogP contribution in [0.2, 0.25) is 0 Å². The molecule has 0 aliphatic heterocycles. The highest BCUT2D eigenvalue weighted by atomic mass is 16.4. The number of aliphatic carboxylic acids is 1. The van der Waals surface area contributed by atoms with Gasteiger partial charge in [-0.2, -0.15) is 0 Å². The number of benzene rings is 1. The Balaban J connectivity index is 2.57. The molecule has 1 aromatic carbocycles. The van der Waals surface area contributed by atoms with E-state index < -0.39 is 12.0 Å². The van der Waals surface area contributed by atoms with Crippen LogP contribution in [0.25, 0.3) is 0 Å². The van der Waals surface area contributed by atoms with E-state index in [1.54, 1.807) is 0 Å². The van der Waals surface area contributed by atoms with Crippen LogP contribution in [0, 0.1) is 17.8 Å². The second-order valence-corrected chi connectivity index (χ2v) is 13.6. The summed E-state index contributed by atoms with van der Waals surface area (Å²) in [6.45, 7) is 18.6. The second kappa shape index (κ2) is 21.3. The maximum atomic E-state index is 13.4. The molecule has 44 heavy (non-hydrogen) atoms. The number of carbonyl (C=O) groups excluding carboxylic acids is 2. The maximum absolute atomic E-state index is 13.4. The van der Waals surface area contributed by atoms with Crippen LogP contribution in [0.1, 0.15) is 85.3 Å². The lowest BCUT2D eigenvalue weighted by Gasteiger charge is -2.28. The highest BCUT2D eigenvalue weighted by molar-refractivity contribution is 5.79. The summed E-state index contributed by atoms with van der Waals surface area (Å²) in [6.07, 6.45) is 3.93. The Labute approximate surface area is 267 Å². The predicted octanol–water partition coefficient (Wildman–Crippen LogP) is 4.20. The molecule has 0 saturated carbocycles. The van der Waals surface area contributed by atoms with Gasteiger partial charge in [0.15, 0.2) is 0 Å². The number of rotatable bonds is 23. The lowest BCUT2D eigenvalue weighted by Crippen LogP contribution is -2.43. The Kier molecular flexibility index (Phi) is 19.1. The van der Waals surface area contributed by atoms with E-state index in [0.717, 1.165) is 43.6 Å². The number of nitrogens with zero attached hydrogens (tertiary/aromatic N) is 2. The highest BCUT2D eigenvalue weighted by Crippen LogP contribution is 2.21. The van der Waals surface area contributed by atoms with Crippen LogP contribution in [0.5, 0.6) is 0 Å². The number of hydrogen-bond acceptors (Lipinski definition) is 6. The third kappa shape index (κ3) is 17.1. The van der Waals surface area contributed by atoms with Gasteiger partial charge < -0.3 is 30.9 Å². The maximum Gasteiger partial charge on any atom is 0.320 e. The van der Waals surface area contributed by atoms with E-state index in [1.807, 2.05) is 32.7 Å². The summed E-state index contributed by atoms with van der Waals surface area (Å²) in [5.74, 6) is -0.138. The molecule has 0 fully saturated rings. The Morgan fingerprint density at radius 1 is 0.818 bits per heavy atom. The second-order valence-electron chi connectivity index (χ2n) is 13.6. The number of carbonyl (C=O) groups is 3. The van der Waals surface area contributed by atoms with Gasteiger partial charge >= 0.3 is 5.97 Å². The third-order valence-corrected chi connectivity index (χ3v) is 8.00. The van der Waals surface area contributed by atoms with E-state index in [9.17, 15) is 19.5 Å². The van der Waals surface area contributed by atoms with Gasteiger partial charge in [0.05, 0.1) is 0 Å². The summed E-state index contributed by atoms with van der Waals surface area (Å²) < 4.78 is 0. The Morgan fingerprint density at radius 2 is 1.43 bits per heavy atom. The van der Waals surface area contributed by atoms with Gasteiger partial charge in [-0.15, -0.1) is 0 Å². The SMILES string of the molecule is CC(C)CC(=O)NCCCC[C@@H](NC(C)Cc1ccc(C[C@H](C(=O)N(C)CCN(C)CCNC(C)C)C(C)C)cc1)C(=O)O. The lowest BCUT2D eigenvalue weighted by molar-refractivity contribution is -0.140. The standard InChI is InChI=1S/C35H63N5O4/c1-25(2)22-33(41)37-17-11-10-12-32(35(43)44)38-28(7)23-29-13-15-30(16-14-29)24-31(26(3)4)34(42)40(9)21-20-39(8)19-18-36-27(5)6/h13-16,25-28,31-32,36,38H,10-12,17-24H2,1-9H3,(H,37,41)(H,43,44)/t28?,31-,32+/m0/s1. The molecule has 2 amide bonds. The molecule has 0 aliphatic carbocycles. The van der Waals surface area contributed by atoms with Crippen LogP contribution < -0.4 is 16.0 Å². The lowest BCUT2D eigenvalue weighted by atomic mass is 9.87. The summed E-state index contributed by atoms with van der Waals surface area (Å²) in [6, 6.07) is 8.22. The molecular formula is C35H63N5O4. The molecule has 0 saturated heterocycles. The summed E-state index contributed by atoms with van der Waals surface area (Å²) in [4.78, 5) is 41.1. The van der Waals surface area contributed by atoms with Gasteiger partial charge in [-0.1, -0.05) is 65.8 Å². The topological polar surface area (TPSA) is 114 Å². The summed E-state index contributed by atoms with van der Waals surface area (Å²) in [5, 5.41) is 19.3. The number of likely N-dealkylation sites (N-methyl/N-ethyl adjacent to an activating group) is 2. The summed E-state index contributed by atoms with van der Waals surface area (Å²) in [7, 11) is 4.00. The molecule has 9 nitrogen and oxygen atoms in total. The van der Waals surface area contributed by atoms with Gasteiger partial charge in [-0.05, 0) is 69.0 Å². The monoisotopic (exact) mass is 617 g/mol. The number of amides is 2. The molecule has 9 heteroatoms. The first kappa shape index (κ1) is 39.5. The zero-order valence-electron chi connectivity index (χ0n) is 29.1. The van der Waals surface area contributed by atoms with E-state index in [4.69, 9.17) is 0 Å². The largest absolute Gasteiger partial charge is 0.480 e. The molecule has 4 N–H and O–H groups in total. The van der Waals surface area contributed by atoms with Gasteiger partial charge in [-0.3, -0.25) is 14.4 Å². The molecular weight excluding hydrogens is 554 g/mol. The van der Waals surface area contributed by atoms with Crippen molar-refractivity contribution in [3.63, 3.8) is 0 Å². The molecule has 1 unspecified atom stereocenters. The van der Waals surface area contributed by atoms with Crippen LogP contribution >= 0.6 is 0 Å². The molecule has 3 atom stereocenters. The molecule has 0 radical (unpaired) electrons. The molecule has 1 rings (SSSR count). The fraction of sp³-hybridized carbons (Fsp3) is 0.743. The minimum absolute atomic E-state index is 0.00869. The smallest absolute Gasteiger partial charge is 0.320 e. The van der Waals surface area contributed by atoms with Gasteiger partial charge in [0.1, 0.15) is 6.04 Å². The van der Waals surface area contributed by atoms with Crippen molar-refractivity contribution >= 4 is 17.8 Å². The fourth-order valence-electron chi connectivity index (χ4n) is 5.22. The third-order valence-electron chi connectivity index (χ3n) is 8.00. The Bertz CT molecular complexity index is 966. The minimum Gasteiger partial charge on any atom is -0.480 e. The Hall–Kier alpha value is -2.49. The van der Waals surface area contributed by atoms with Crippen LogP contribution in [-0.4, -0.2) is 97.6 Å². The average molecular weight is 618 g/mol. The van der Waals surface area contributed by atoms with Crippen LogP contribution in [0.4, 0.5) is 0 Å². The minimum atomic E-state index is -0.847. The molecule has 0 bridgehead atoms. The number of hydrogen-bond donors (Lipinski definition) is 4. The van der Waals surface area contributed by atoms with Crippen molar-refractivity contribution in [2.24, 2.45) is 17.8 Å². The summed E-state index contributed by atoms with van der Waals surface area (Å²) >= 11 is 0. The van der Waals surface area contributed by atoms with Crippen molar-refractivity contribution in [3.8, 4) is 0 Å². The van der Waals surface area contributed by atoms with Crippen LogP contribution in [-0.2, 0) is 27.2 Å². The van der Waals surface area contributed by atoms with Crippen LogP contribution in [0.15, 0.2) is 24.3 Å². The van der Waals surface area contributed by atoms with E-state index in [2.05, 4.69) is 79.9 Å².